The Labute approximate surface area is 153 Å². The number of H-pyrrole nitrogens is 2. The van der Waals surface area contributed by atoms with Crippen molar-refractivity contribution < 1.29 is 14.3 Å². The van der Waals surface area contributed by atoms with Crippen molar-refractivity contribution in [2.24, 2.45) is 0 Å². The number of hydrogen-bond donors (Lipinski definition) is 3. The van der Waals surface area contributed by atoms with Gasteiger partial charge in [0.2, 0.25) is 0 Å². The highest BCUT2D eigenvalue weighted by Crippen LogP contribution is 2.37. The normalized spacial score (nSPS) is 14.4. The summed E-state index contributed by atoms with van der Waals surface area (Å²) in [6.45, 7) is 0. The Morgan fingerprint density at radius 1 is 0.778 bits per heavy atom. The second-order valence-corrected chi connectivity index (χ2v) is 6.40. The van der Waals surface area contributed by atoms with Crippen LogP contribution in [0.3, 0.4) is 0 Å². The molecule has 3 N–H and O–H groups in total. The van der Waals surface area contributed by atoms with Crippen molar-refractivity contribution in [3.63, 3.8) is 0 Å². The van der Waals surface area contributed by atoms with Crippen LogP contribution in [0.15, 0.2) is 54.9 Å². The Bertz CT molecular complexity index is 1280. The Hall–Kier alpha value is -3.80. The number of amides is 2. The lowest BCUT2D eigenvalue weighted by Gasteiger charge is -2.04. The molecule has 1 aliphatic rings. The summed E-state index contributed by atoms with van der Waals surface area (Å²) >= 11 is 0. The smallest absolute Gasteiger partial charge is 0.259 e. The van der Waals surface area contributed by atoms with Crippen molar-refractivity contribution in [2.75, 3.05) is 7.11 Å². The second-order valence-electron chi connectivity index (χ2n) is 6.40. The number of methoxy groups -OCH3 is 1. The van der Waals surface area contributed by atoms with Crippen LogP contribution in [0.1, 0.15) is 11.1 Å². The van der Waals surface area contributed by atoms with Crippen molar-refractivity contribution in [3.05, 3.63) is 66.0 Å². The van der Waals surface area contributed by atoms with Gasteiger partial charge >= 0.3 is 0 Å². The number of imide groups is 1. The molecule has 0 saturated carbocycles. The van der Waals surface area contributed by atoms with Crippen LogP contribution in [0.4, 0.5) is 0 Å². The summed E-state index contributed by atoms with van der Waals surface area (Å²) in [6.07, 6.45) is 3.53. The summed E-state index contributed by atoms with van der Waals surface area (Å²) in [5.74, 6) is -0.0618. The van der Waals surface area contributed by atoms with E-state index in [-0.39, 0.29) is 5.91 Å². The van der Waals surface area contributed by atoms with Crippen LogP contribution >= 0.6 is 0 Å². The molecule has 4 aromatic rings. The Morgan fingerprint density at radius 3 is 2.11 bits per heavy atom. The fraction of sp³-hybridized carbons (Fsp3) is 0.0476. The maximum absolute atomic E-state index is 12.7. The second kappa shape index (κ2) is 5.60. The molecular weight excluding hydrogens is 342 g/mol. The van der Waals surface area contributed by atoms with E-state index in [9.17, 15) is 9.59 Å². The molecule has 132 valence electrons. The number of aromatic nitrogens is 2. The van der Waals surface area contributed by atoms with E-state index in [1.54, 1.807) is 19.5 Å². The van der Waals surface area contributed by atoms with Crippen LogP contribution in [0.2, 0.25) is 0 Å². The number of para-hydroxylation sites is 1. The molecule has 1 aliphatic heterocycles. The molecule has 3 heterocycles. The summed E-state index contributed by atoms with van der Waals surface area (Å²) in [5.41, 5.74) is 3.91. The van der Waals surface area contributed by atoms with Gasteiger partial charge in [-0.15, -0.1) is 0 Å². The molecule has 2 amide bonds. The summed E-state index contributed by atoms with van der Waals surface area (Å²) in [6, 6.07) is 13.3. The Morgan fingerprint density at radius 2 is 1.41 bits per heavy atom. The number of carbonyl (C=O) groups excluding carboxylic acids is 2. The molecule has 0 spiro atoms. The largest absolute Gasteiger partial charge is 0.497 e. The molecule has 6 nitrogen and oxygen atoms in total. The molecule has 2 aromatic carbocycles. The van der Waals surface area contributed by atoms with Gasteiger partial charge in [-0.1, -0.05) is 18.2 Å². The molecule has 27 heavy (non-hydrogen) atoms. The number of nitrogens with one attached hydrogen (secondary N) is 3. The maximum Gasteiger partial charge on any atom is 0.259 e. The fourth-order valence-electron chi connectivity index (χ4n) is 3.69. The van der Waals surface area contributed by atoms with Gasteiger partial charge in [0.15, 0.2) is 0 Å². The Balaban J connectivity index is 1.80. The molecule has 0 fully saturated rings. The van der Waals surface area contributed by atoms with E-state index < -0.39 is 5.91 Å². The van der Waals surface area contributed by atoms with Crippen LogP contribution in [-0.2, 0) is 9.59 Å². The topological polar surface area (TPSA) is 87.0 Å². The van der Waals surface area contributed by atoms with Gasteiger partial charge in [-0.05, 0) is 18.2 Å². The SMILES string of the molecule is COc1ccc2c(C3=C(c4c[nH]c5ccccc45)C(=O)NC3=O)c[nH]c2c1. The van der Waals surface area contributed by atoms with E-state index >= 15 is 0 Å². The third-order valence-electron chi connectivity index (χ3n) is 4.95. The van der Waals surface area contributed by atoms with Crippen molar-refractivity contribution in [3.8, 4) is 5.75 Å². The molecule has 5 rings (SSSR count). The van der Waals surface area contributed by atoms with E-state index in [2.05, 4.69) is 15.3 Å². The third kappa shape index (κ3) is 2.20. The van der Waals surface area contributed by atoms with E-state index in [4.69, 9.17) is 4.74 Å². The van der Waals surface area contributed by atoms with Gasteiger partial charge in [-0.25, -0.2) is 0 Å². The molecule has 0 aliphatic carbocycles. The Kier molecular flexibility index (Phi) is 3.21. The zero-order valence-corrected chi connectivity index (χ0v) is 14.4. The van der Waals surface area contributed by atoms with E-state index in [1.165, 1.54) is 0 Å². The molecule has 0 bridgehead atoms. The van der Waals surface area contributed by atoms with Crippen LogP contribution < -0.4 is 10.1 Å². The first kappa shape index (κ1) is 15.5. The van der Waals surface area contributed by atoms with Crippen LogP contribution in [0.5, 0.6) is 5.75 Å². The van der Waals surface area contributed by atoms with Crippen molar-refractivity contribution >= 4 is 44.8 Å². The van der Waals surface area contributed by atoms with Crippen molar-refractivity contribution in [2.45, 2.75) is 0 Å². The lowest BCUT2D eigenvalue weighted by molar-refractivity contribution is -0.122. The van der Waals surface area contributed by atoms with Gasteiger partial charge in [0.25, 0.3) is 11.8 Å². The van der Waals surface area contributed by atoms with E-state index in [0.29, 0.717) is 28.0 Å². The molecule has 0 saturated heterocycles. The minimum absolute atomic E-state index is 0.376. The number of rotatable bonds is 3. The van der Waals surface area contributed by atoms with Gasteiger partial charge < -0.3 is 14.7 Å². The zero-order chi connectivity index (χ0) is 18.5. The monoisotopic (exact) mass is 357 g/mol. The van der Waals surface area contributed by atoms with Gasteiger partial charge in [0, 0.05) is 51.4 Å². The van der Waals surface area contributed by atoms with Crippen LogP contribution in [0.25, 0.3) is 33.0 Å². The summed E-state index contributed by atoms with van der Waals surface area (Å²) < 4.78 is 5.25. The van der Waals surface area contributed by atoms with Crippen LogP contribution in [-0.4, -0.2) is 28.9 Å². The summed E-state index contributed by atoms with van der Waals surface area (Å²) in [5, 5.41) is 4.20. The summed E-state index contributed by atoms with van der Waals surface area (Å²) in [7, 11) is 1.60. The molecule has 2 aromatic heterocycles. The van der Waals surface area contributed by atoms with Crippen LogP contribution in [0, 0.1) is 0 Å². The van der Waals surface area contributed by atoms with Crippen molar-refractivity contribution in [1.29, 1.82) is 0 Å². The standard InChI is InChI=1S/C21H15N3O3/c1-27-11-6-7-13-15(10-23-17(13)8-11)19-18(20(25)24-21(19)26)14-9-22-16-5-3-2-4-12(14)16/h2-10,22-23H,1H3,(H,24,25,26). The number of carbonyl (C=O) groups is 2. The fourth-order valence-corrected chi connectivity index (χ4v) is 3.69. The lowest BCUT2D eigenvalue weighted by atomic mass is 9.95. The first-order valence-corrected chi connectivity index (χ1v) is 8.49. The molecule has 0 unspecified atom stereocenters. The summed E-state index contributed by atoms with van der Waals surface area (Å²) in [4.78, 5) is 31.6. The highest BCUT2D eigenvalue weighted by Gasteiger charge is 2.34. The average Bonchev–Trinajstić information content (AvgIpc) is 3.36. The highest BCUT2D eigenvalue weighted by atomic mass is 16.5. The molecular formula is C21H15N3O3. The van der Waals surface area contributed by atoms with E-state index in [1.807, 2.05) is 42.5 Å². The highest BCUT2D eigenvalue weighted by molar-refractivity contribution is 6.50. The van der Waals surface area contributed by atoms with E-state index in [0.717, 1.165) is 21.8 Å². The predicted molar refractivity (Wildman–Crippen MR) is 103 cm³/mol. The number of hydrogen-bond acceptors (Lipinski definition) is 3. The van der Waals surface area contributed by atoms with Crippen molar-refractivity contribution in [1.82, 2.24) is 15.3 Å². The van der Waals surface area contributed by atoms with Gasteiger partial charge in [0.1, 0.15) is 5.75 Å². The number of fused-ring (bicyclic) bond motifs is 2. The van der Waals surface area contributed by atoms with Gasteiger partial charge in [-0.2, -0.15) is 0 Å². The predicted octanol–water partition coefficient (Wildman–Crippen LogP) is 3.23. The third-order valence-corrected chi connectivity index (χ3v) is 4.95. The molecule has 0 radical (unpaired) electrons. The molecule has 6 heteroatoms. The first-order chi connectivity index (χ1) is 13.2. The molecule has 0 atom stereocenters. The quantitative estimate of drug-likeness (QED) is 0.492. The minimum Gasteiger partial charge on any atom is -0.497 e. The van der Waals surface area contributed by atoms with Gasteiger partial charge in [-0.3, -0.25) is 14.9 Å². The minimum atomic E-state index is -0.392. The number of ether oxygens (including phenoxy) is 1. The number of benzene rings is 2. The first-order valence-electron chi connectivity index (χ1n) is 8.49. The lowest BCUT2D eigenvalue weighted by Crippen LogP contribution is -2.22. The van der Waals surface area contributed by atoms with Gasteiger partial charge in [0.05, 0.1) is 18.3 Å². The maximum atomic E-state index is 12.7. The average molecular weight is 357 g/mol. The zero-order valence-electron chi connectivity index (χ0n) is 14.4. The number of aromatic amines is 2.